The monoisotopic (exact) mass is 315 g/mol. The molecule has 0 aliphatic carbocycles. The van der Waals surface area contributed by atoms with E-state index in [1.54, 1.807) is 12.1 Å². The van der Waals surface area contributed by atoms with Crippen LogP contribution in [0.2, 0.25) is 0 Å². The quantitative estimate of drug-likeness (QED) is 0.803. The Morgan fingerprint density at radius 3 is 2.57 bits per heavy atom. The van der Waals surface area contributed by atoms with E-state index in [0.29, 0.717) is 6.42 Å². The third-order valence-corrected chi connectivity index (χ3v) is 3.04. The predicted molar refractivity (Wildman–Crippen MR) is 77.9 cm³/mol. The maximum Gasteiger partial charge on any atom is 0.322 e. The fraction of sp³-hybridized carbons (Fsp3) is 0.0625. The largest absolute Gasteiger partial charge is 0.407 e. The molecule has 0 saturated carbocycles. The molecule has 3 aromatic rings. The summed E-state index contributed by atoms with van der Waals surface area (Å²) >= 11 is 0. The Kier molecular flexibility index (Phi) is 4.09. The number of amides is 1. The zero-order valence-corrected chi connectivity index (χ0v) is 11.8. The highest BCUT2D eigenvalue weighted by molar-refractivity contribution is 6.03. The molecule has 1 aromatic heterocycles. The zero-order valence-electron chi connectivity index (χ0n) is 11.8. The van der Waals surface area contributed by atoms with Crippen LogP contribution in [0.1, 0.15) is 21.8 Å². The van der Waals surface area contributed by atoms with E-state index < -0.39 is 11.7 Å². The number of halogens is 2. The summed E-state index contributed by atoms with van der Waals surface area (Å²) in [4.78, 5) is 11.9. The van der Waals surface area contributed by atoms with E-state index in [4.69, 9.17) is 4.42 Å². The van der Waals surface area contributed by atoms with E-state index >= 15 is 0 Å². The van der Waals surface area contributed by atoms with Crippen molar-refractivity contribution in [3.8, 4) is 0 Å². The van der Waals surface area contributed by atoms with Gasteiger partial charge in [-0.05, 0) is 35.9 Å². The second-order valence-corrected chi connectivity index (χ2v) is 4.77. The van der Waals surface area contributed by atoms with Crippen molar-refractivity contribution in [2.45, 2.75) is 6.42 Å². The predicted octanol–water partition coefficient (Wildman–Crippen LogP) is 3.19. The molecular formula is C16H11F2N3O2. The number of hydrogen-bond donors (Lipinski definition) is 1. The number of carbonyl (C=O) groups excluding carboxylic acids is 1. The molecule has 1 amide bonds. The number of rotatable bonds is 4. The molecule has 0 radical (unpaired) electrons. The van der Waals surface area contributed by atoms with Crippen LogP contribution in [0.25, 0.3) is 0 Å². The lowest BCUT2D eigenvalue weighted by Crippen LogP contribution is -2.12. The molecular weight excluding hydrogens is 304 g/mol. The molecule has 0 fully saturated rings. The molecule has 3 rings (SSSR count). The molecule has 116 valence electrons. The first-order valence-corrected chi connectivity index (χ1v) is 6.74. The van der Waals surface area contributed by atoms with Gasteiger partial charge in [0.05, 0.1) is 6.42 Å². The molecule has 2 aromatic carbocycles. The van der Waals surface area contributed by atoms with Gasteiger partial charge in [0.15, 0.2) is 0 Å². The van der Waals surface area contributed by atoms with Crippen molar-refractivity contribution in [3.63, 3.8) is 0 Å². The molecule has 1 heterocycles. The highest BCUT2D eigenvalue weighted by Crippen LogP contribution is 2.13. The number of hydrogen-bond acceptors (Lipinski definition) is 4. The van der Waals surface area contributed by atoms with Crippen molar-refractivity contribution in [2.24, 2.45) is 0 Å². The molecule has 0 aliphatic heterocycles. The third kappa shape index (κ3) is 3.76. The van der Waals surface area contributed by atoms with Gasteiger partial charge in [0.1, 0.15) is 11.6 Å². The minimum atomic E-state index is -0.554. The lowest BCUT2D eigenvalue weighted by atomic mass is 10.1. The summed E-state index contributed by atoms with van der Waals surface area (Å²) < 4.78 is 31.2. The highest BCUT2D eigenvalue weighted by Gasteiger charge is 2.12. The van der Waals surface area contributed by atoms with Gasteiger partial charge < -0.3 is 4.42 Å². The van der Waals surface area contributed by atoms with Crippen molar-refractivity contribution in [1.29, 1.82) is 0 Å². The van der Waals surface area contributed by atoms with Crippen LogP contribution in [0.15, 0.2) is 52.9 Å². The van der Waals surface area contributed by atoms with Gasteiger partial charge in [0.2, 0.25) is 5.89 Å². The van der Waals surface area contributed by atoms with E-state index in [1.807, 2.05) is 0 Å². The van der Waals surface area contributed by atoms with E-state index in [1.165, 1.54) is 30.3 Å². The Bertz CT molecular complexity index is 831. The van der Waals surface area contributed by atoms with Gasteiger partial charge in [-0.25, -0.2) is 8.78 Å². The van der Waals surface area contributed by atoms with Crippen LogP contribution in [0, 0.1) is 11.6 Å². The van der Waals surface area contributed by atoms with Crippen LogP contribution < -0.4 is 5.32 Å². The second kappa shape index (κ2) is 6.35. The summed E-state index contributed by atoms with van der Waals surface area (Å²) in [6.07, 6.45) is 0.309. The fourth-order valence-corrected chi connectivity index (χ4v) is 1.95. The Labute approximate surface area is 130 Å². The summed E-state index contributed by atoms with van der Waals surface area (Å²) in [5.74, 6) is -1.13. The summed E-state index contributed by atoms with van der Waals surface area (Å²) in [5.41, 5.74) is 0.932. The van der Waals surface area contributed by atoms with Gasteiger partial charge in [0.25, 0.3) is 5.91 Å². The van der Waals surface area contributed by atoms with E-state index in [-0.39, 0.29) is 23.3 Å². The van der Waals surface area contributed by atoms with Gasteiger partial charge in [-0.1, -0.05) is 23.3 Å². The first-order valence-electron chi connectivity index (χ1n) is 6.74. The van der Waals surface area contributed by atoms with Gasteiger partial charge >= 0.3 is 6.01 Å². The molecule has 0 spiro atoms. The smallest absolute Gasteiger partial charge is 0.322 e. The number of carbonyl (C=O) groups is 1. The van der Waals surface area contributed by atoms with Crippen LogP contribution in [0.3, 0.4) is 0 Å². The molecule has 5 nitrogen and oxygen atoms in total. The second-order valence-electron chi connectivity index (χ2n) is 4.77. The summed E-state index contributed by atoms with van der Waals surface area (Å²) in [6.45, 7) is 0. The molecule has 0 atom stereocenters. The van der Waals surface area contributed by atoms with Crippen LogP contribution >= 0.6 is 0 Å². The summed E-state index contributed by atoms with van der Waals surface area (Å²) in [7, 11) is 0. The minimum Gasteiger partial charge on any atom is -0.407 e. The van der Waals surface area contributed by atoms with Crippen molar-refractivity contribution in [2.75, 3.05) is 5.32 Å². The van der Waals surface area contributed by atoms with E-state index in [2.05, 4.69) is 15.5 Å². The Morgan fingerprint density at radius 1 is 1.04 bits per heavy atom. The Hall–Kier alpha value is -3.09. The van der Waals surface area contributed by atoms with Gasteiger partial charge in [-0.2, -0.15) is 0 Å². The van der Waals surface area contributed by atoms with Gasteiger partial charge in [0, 0.05) is 5.56 Å². The Morgan fingerprint density at radius 2 is 1.83 bits per heavy atom. The first-order chi connectivity index (χ1) is 11.1. The molecule has 0 saturated heterocycles. The van der Waals surface area contributed by atoms with Crippen molar-refractivity contribution < 1.29 is 18.0 Å². The first kappa shape index (κ1) is 14.8. The molecule has 0 bridgehead atoms. The van der Waals surface area contributed by atoms with Crippen LogP contribution in [-0.2, 0) is 6.42 Å². The summed E-state index contributed by atoms with van der Waals surface area (Å²) in [5, 5.41) is 9.90. The summed E-state index contributed by atoms with van der Waals surface area (Å²) in [6, 6.07) is 11.0. The molecule has 7 heteroatoms. The van der Waals surface area contributed by atoms with E-state index in [9.17, 15) is 13.6 Å². The maximum atomic E-state index is 13.1. The molecule has 1 N–H and O–H groups in total. The average molecular weight is 315 g/mol. The SMILES string of the molecule is O=C(Nc1nnc(Cc2ccc(F)cc2)o1)c1cccc(F)c1. The average Bonchev–Trinajstić information content (AvgIpc) is 2.96. The topological polar surface area (TPSA) is 68.0 Å². The van der Waals surface area contributed by atoms with Crippen molar-refractivity contribution in [1.82, 2.24) is 10.2 Å². The van der Waals surface area contributed by atoms with Crippen LogP contribution in [-0.4, -0.2) is 16.1 Å². The van der Waals surface area contributed by atoms with Crippen LogP contribution in [0.5, 0.6) is 0 Å². The number of benzene rings is 2. The van der Waals surface area contributed by atoms with Crippen molar-refractivity contribution >= 4 is 11.9 Å². The Balaban J connectivity index is 1.67. The highest BCUT2D eigenvalue weighted by atomic mass is 19.1. The fourth-order valence-electron chi connectivity index (χ4n) is 1.95. The zero-order chi connectivity index (χ0) is 16.2. The molecule has 23 heavy (non-hydrogen) atoms. The van der Waals surface area contributed by atoms with Gasteiger partial charge in [-0.15, -0.1) is 5.10 Å². The number of nitrogens with one attached hydrogen (secondary N) is 1. The minimum absolute atomic E-state index is 0.0867. The lowest BCUT2D eigenvalue weighted by molar-refractivity contribution is 0.102. The normalized spacial score (nSPS) is 10.5. The van der Waals surface area contributed by atoms with Crippen molar-refractivity contribution in [3.05, 3.63) is 77.2 Å². The standard InChI is InChI=1S/C16H11F2N3O2/c17-12-6-4-10(5-7-12)8-14-20-21-16(23-14)19-15(22)11-2-1-3-13(18)9-11/h1-7,9H,8H2,(H,19,21,22). The lowest BCUT2D eigenvalue weighted by Gasteiger charge is -2.00. The maximum absolute atomic E-state index is 13.1. The van der Waals surface area contributed by atoms with Gasteiger partial charge in [-0.3, -0.25) is 10.1 Å². The number of nitrogens with zero attached hydrogens (tertiary/aromatic N) is 2. The van der Waals surface area contributed by atoms with E-state index in [0.717, 1.165) is 11.6 Å². The van der Waals surface area contributed by atoms with Crippen LogP contribution in [0.4, 0.5) is 14.8 Å². The molecule has 0 aliphatic rings. The number of aromatic nitrogens is 2. The number of anilines is 1. The molecule has 0 unspecified atom stereocenters. The third-order valence-electron chi connectivity index (χ3n) is 3.04.